The van der Waals surface area contributed by atoms with Crippen LogP contribution >= 0.6 is 0 Å². The average Bonchev–Trinajstić information content (AvgIpc) is 3.04. The highest BCUT2D eigenvalue weighted by molar-refractivity contribution is 4.98. The summed E-state index contributed by atoms with van der Waals surface area (Å²) in [6, 6.07) is 0. The van der Waals surface area contributed by atoms with Crippen molar-refractivity contribution in [1.29, 1.82) is 0 Å². The van der Waals surface area contributed by atoms with Gasteiger partial charge in [-0.25, -0.2) is 0 Å². The molecule has 0 saturated heterocycles. The van der Waals surface area contributed by atoms with Crippen molar-refractivity contribution in [2.75, 3.05) is 20.8 Å². The number of hydrogen-bond acceptors (Lipinski definition) is 8. The molecule has 1 aliphatic carbocycles. The Balaban J connectivity index is 1.50. The fourth-order valence-corrected chi connectivity index (χ4v) is 2.33. The van der Waals surface area contributed by atoms with Gasteiger partial charge in [0.2, 0.25) is 11.8 Å². The van der Waals surface area contributed by atoms with E-state index in [0.717, 1.165) is 18.7 Å². The molecule has 8 nitrogen and oxygen atoms in total. The van der Waals surface area contributed by atoms with Crippen molar-refractivity contribution in [3.63, 3.8) is 0 Å². The van der Waals surface area contributed by atoms with Crippen molar-refractivity contribution in [3.05, 3.63) is 23.4 Å². The first-order valence-corrected chi connectivity index (χ1v) is 7.56. The fraction of sp³-hybridized carbons (Fsp3) is 0.714. The predicted molar refractivity (Wildman–Crippen MR) is 75.9 cm³/mol. The second kappa shape index (κ2) is 6.97. The second-order valence-corrected chi connectivity index (χ2v) is 5.70. The maximum absolute atomic E-state index is 5.31. The maximum atomic E-state index is 5.31. The molecule has 2 heterocycles. The van der Waals surface area contributed by atoms with E-state index in [-0.39, 0.29) is 0 Å². The van der Waals surface area contributed by atoms with Gasteiger partial charge < -0.3 is 13.8 Å². The number of hydrogen-bond donors (Lipinski definition) is 0. The Morgan fingerprint density at radius 1 is 1.14 bits per heavy atom. The van der Waals surface area contributed by atoms with Gasteiger partial charge in [-0.3, -0.25) is 4.90 Å². The Hall–Kier alpha value is -1.80. The van der Waals surface area contributed by atoms with E-state index >= 15 is 0 Å². The van der Waals surface area contributed by atoms with Gasteiger partial charge in [-0.15, -0.1) is 0 Å². The maximum Gasteiger partial charge on any atom is 0.240 e. The molecule has 2 aromatic heterocycles. The number of rotatable bonds is 8. The van der Waals surface area contributed by atoms with Gasteiger partial charge in [-0.1, -0.05) is 16.7 Å². The minimum absolute atomic E-state index is 0.464. The lowest BCUT2D eigenvalue weighted by atomic mass is 9.85. The first kappa shape index (κ1) is 15.1. The van der Waals surface area contributed by atoms with Crippen LogP contribution in [0.25, 0.3) is 0 Å². The van der Waals surface area contributed by atoms with E-state index in [2.05, 4.69) is 20.3 Å². The van der Waals surface area contributed by atoms with E-state index in [1.807, 2.05) is 11.9 Å². The van der Waals surface area contributed by atoms with Crippen LogP contribution in [0.1, 0.15) is 48.6 Å². The van der Waals surface area contributed by atoms with Crippen LogP contribution in [0.3, 0.4) is 0 Å². The molecule has 1 saturated carbocycles. The highest BCUT2D eigenvalue weighted by Crippen LogP contribution is 2.35. The van der Waals surface area contributed by atoms with Gasteiger partial charge in [-0.05, 0) is 19.9 Å². The van der Waals surface area contributed by atoms with E-state index in [0.29, 0.717) is 49.6 Å². The van der Waals surface area contributed by atoms with Crippen molar-refractivity contribution in [2.24, 2.45) is 0 Å². The summed E-state index contributed by atoms with van der Waals surface area (Å²) in [4.78, 5) is 10.8. The molecule has 0 spiro atoms. The summed E-state index contributed by atoms with van der Waals surface area (Å²) < 4.78 is 15.5. The lowest BCUT2D eigenvalue weighted by molar-refractivity contribution is 0.199. The SMILES string of the molecule is COCCc1noc(CN(C)Cc2noc(C3CCC3)n2)n1. The van der Waals surface area contributed by atoms with Gasteiger partial charge in [0.1, 0.15) is 0 Å². The van der Waals surface area contributed by atoms with Crippen molar-refractivity contribution in [1.82, 2.24) is 25.2 Å². The monoisotopic (exact) mass is 307 g/mol. The van der Waals surface area contributed by atoms with E-state index in [1.54, 1.807) is 7.11 Å². The molecule has 0 radical (unpaired) electrons. The molecule has 0 atom stereocenters. The molecular formula is C14H21N5O3. The molecule has 1 fully saturated rings. The van der Waals surface area contributed by atoms with Crippen LogP contribution in [-0.4, -0.2) is 45.9 Å². The Labute approximate surface area is 128 Å². The smallest absolute Gasteiger partial charge is 0.240 e. The molecule has 3 rings (SSSR count). The average molecular weight is 307 g/mol. The Morgan fingerprint density at radius 3 is 2.68 bits per heavy atom. The number of ether oxygens (including phenoxy) is 1. The Kier molecular flexibility index (Phi) is 4.79. The predicted octanol–water partition coefficient (Wildman–Crippen LogP) is 1.54. The molecule has 22 heavy (non-hydrogen) atoms. The standard InChI is InChI=1S/C14H21N5O3/c1-19(9-13-15-11(17-21-13)6-7-20-2)8-12-16-14(22-18-12)10-4-3-5-10/h10H,3-9H2,1-2H3. The summed E-state index contributed by atoms with van der Waals surface area (Å²) in [6.45, 7) is 1.72. The normalized spacial score (nSPS) is 15.4. The molecule has 0 unspecified atom stereocenters. The zero-order chi connectivity index (χ0) is 15.4. The van der Waals surface area contributed by atoms with Gasteiger partial charge in [0, 0.05) is 19.4 Å². The fourth-order valence-electron chi connectivity index (χ4n) is 2.33. The quantitative estimate of drug-likeness (QED) is 0.725. The minimum atomic E-state index is 0.464. The van der Waals surface area contributed by atoms with E-state index in [9.17, 15) is 0 Å². The van der Waals surface area contributed by atoms with Gasteiger partial charge in [0.15, 0.2) is 11.6 Å². The third-order valence-corrected chi connectivity index (χ3v) is 3.79. The minimum Gasteiger partial charge on any atom is -0.384 e. The van der Waals surface area contributed by atoms with Crippen molar-refractivity contribution < 1.29 is 13.8 Å². The summed E-state index contributed by atoms with van der Waals surface area (Å²) in [5.41, 5.74) is 0. The number of nitrogens with zero attached hydrogens (tertiary/aromatic N) is 5. The van der Waals surface area contributed by atoms with Gasteiger partial charge >= 0.3 is 0 Å². The molecular weight excluding hydrogens is 286 g/mol. The summed E-state index contributed by atoms with van der Waals surface area (Å²) in [7, 11) is 3.61. The Bertz CT molecular complexity index is 593. The molecule has 1 aliphatic rings. The second-order valence-electron chi connectivity index (χ2n) is 5.70. The summed E-state index contributed by atoms with van der Waals surface area (Å²) in [6.07, 6.45) is 4.22. The lowest BCUT2D eigenvalue weighted by Crippen LogP contribution is -2.18. The van der Waals surface area contributed by atoms with Crippen molar-refractivity contribution in [3.8, 4) is 0 Å². The van der Waals surface area contributed by atoms with Crippen LogP contribution in [0, 0.1) is 0 Å². The molecule has 8 heteroatoms. The lowest BCUT2D eigenvalue weighted by Gasteiger charge is -2.20. The van der Waals surface area contributed by atoms with Crippen molar-refractivity contribution in [2.45, 2.75) is 44.7 Å². The Morgan fingerprint density at radius 2 is 1.95 bits per heavy atom. The molecule has 0 bridgehead atoms. The zero-order valence-corrected chi connectivity index (χ0v) is 13.0. The summed E-state index contributed by atoms with van der Waals surface area (Å²) in [5.74, 6) is 3.18. The highest BCUT2D eigenvalue weighted by Gasteiger charge is 2.25. The topological polar surface area (TPSA) is 90.3 Å². The van der Waals surface area contributed by atoms with Crippen LogP contribution < -0.4 is 0 Å². The summed E-state index contributed by atoms with van der Waals surface area (Å²) >= 11 is 0. The van der Waals surface area contributed by atoms with Gasteiger partial charge in [-0.2, -0.15) is 9.97 Å². The van der Waals surface area contributed by atoms with E-state index in [4.69, 9.17) is 13.8 Å². The molecule has 0 amide bonds. The molecule has 0 aliphatic heterocycles. The number of methoxy groups -OCH3 is 1. The van der Waals surface area contributed by atoms with Crippen LogP contribution in [-0.2, 0) is 24.2 Å². The van der Waals surface area contributed by atoms with Gasteiger partial charge in [0.25, 0.3) is 0 Å². The van der Waals surface area contributed by atoms with Crippen molar-refractivity contribution >= 4 is 0 Å². The molecule has 0 N–H and O–H groups in total. The first-order chi connectivity index (χ1) is 10.7. The van der Waals surface area contributed by atoms with Crippen LogP contribution in [0.2, 0.25) is 0 Å². The number of aromatic nitrogens is 4. The molecule has 2 aromatic rings. The third kappa shape index (κ3) is 3.69. The molecule has 120 valence electrons. The van der Waals surface area contributed by atoms with Crippen LogP contribution in [0.15, 0.2) is 9.05 Å². The van der Waals surface area contributed by atoms with Gasteiger partial charge in [0.05, 0.1) is 19.7 Å². The largest absolute Gasteiger partial charge is 0.384 e. The van der Waals surface area contributed by atoms with E-state index in [1.165, 1.54) is 6.42 Å². The van der Waals surface area contributed by atoms with Crippen LogP contribution in [0.4, 0.5) is 0 Å². The third-order valence-electron chi connectivity index (χ3n) is 3.79. The zero-order valence-electron chi connectivity index (χ0n) is 13.0. The summed E-state index contributed by atoms with van der Waals surface area (Å²) in [5, 5.41) is 7.95. The molecule has 0 aromatic carbocycles. The first-order valence-electron chi connectivity index (χ1n) is 7.56. The highest BCUT2D eigenvalue weighted by atomic mass is 16.5. The van der Waals surface area contributed by atoms with E-state index < -0.39 is 0 Å². The van der Waals surface area contributed by atoms with Crippen LogP contribution in [0.5, 0.6) is 0 Å².